The van der Waals surface area contributed by atoms with Gasteiger partial charge in [-0.25, -0.2) is 4.98 Å². The molecule has 2 fully saturated rings. The quantitative estimate of drug-likeness (QED) is 0.881. The lowest BCUT2D eigenvalue weighted by atomic mass is 10.0. The predicted molar refractivity (Wildman–Crippen MR) is 77.0 cm³/mol. The Balaban J connectivity index is 1.65. The number of aryl methyl sites for hydroxylation is 1. The number of hydrogen-bond donors (Lipinski definition) is 1. The number of fused-ring (bicyclic) bond motifs is 1. The number of thiazole rings is 1. The lowest BCUT2D eigenvalue weighted by molar-refractivity contribution is 0.434. The van der Waals surface area contributed by atoms with Gasteiger partial charge < -0.3 is 5.32 Å². The molecule has 1 heterocycles. The van der Waals surface area contributed by atoms with Crippen LogP contribution >= 0.6 is 11.3 Å². The second kappa shape index (κ2) is 5.30. The van der Waals surface area contributed by atoms with E-state index in [0.717, 1.165) is 30.7 Å². The van der Waals surface area contributed by atoms with Crippen molar-refractivity contribution in [2.75, 3.05) is 6.54 Å². The third kappa shape index (κ3) is 2.48. The van der Waals surface area contributed by atoms with E-state index in [4.69, 9.17) is 0 Å². The molecule has 100 valence electrons. The average Bonchev–Trinajstić information content (AvgIpc) is 2.96. The standard InChI is InChI=1S/C15H24N2S/c1-3-16-14(8-11-9-18-10(2)17-11)15-12-6-4-5-7-13(12)15/h9,12-16H,3-8H2,1-2H3. The van der Waals surface area contributed by atoms with Crippen molar-refractivity contribution in [3.63, 3.8) is 0 Å². The Bertz CT molecular complexity index is 389. The molecule has 0 amide bonds. The van der Waals surface area contributed by atoms with Crippen LogP contribution in [0.15, 0.2) is 5.38 Å². The number of rotatable bonds is 5. The predicted octanol–water partition coefficient (Wildman–Crippen LogP) is 3.41. The molecule has 1 aromatic heterocycles. The fourth-order valence-corrected chi connectivity index (χ4v) is 4.60. The van der Waals surface area contributed by atoms with E-state index in [-0.39, 0.29) is 0 Å². The van der Waals surface area contributed by atoms with Crippen LogP contribution in [-0.4, -0.2) is 17.6 Å². The second-order valence-electron chi connectivity index (χ2n) is 5.92. The summed E-state index contributed by atoms with van der Waals surface area (Å²) in [5.41, 5.74) is 1.30. The molecule has 2 nitrogen and oxygen atoms in total. The first-order chi connectivity index (χ1) is 8.79. The van der Waals surface area contributed by atoms with Gasteiger partial charge in [-0.2, -0.15) is 0 Å². The normalized spacial score (nSPS) is 32.0. The van der Waals surface area contributed by atoms with Crippen LogP contribution in [0.25, 0.3) is 0 Å². The van der Waals surface area contributed by atoms with Gasteiger partial charge in [0.25, 0.3) is 0 Å². The van der Waals surface area contributed by atoms with E-state index < -0.39 is 0 Å². The summed E-state index contributed by atoms with van der Waals surface area (Å²) in [5, 5.41) is 7.17. The van der Waals surface area contributed by atoms with Gasteiger partial charge in [0.15, 0.2) is 0 Å². The summed E-state index contributed by atoms with van der Waals surface area (Å²) in [5.74, 6) is 3.00. The maximum Gasteiger partial charge on any atom is 0.0897 e. The van der Waals surface area contributed by atoms with Crippen LogP contribution in [0.1, 0.15) is 43.3 Å². The lowest BCUT2D eigenvalue weighted by Gasteiger charge is -2.17. The maximum absolute atomic E-state index is 4.64. The Hall–Kier alpha value is -0.410. The highest BCUT2D eigenvalue weighted by Gasteiger charge is 2.53. The second-order valence-corrected chi connectivity index (χ2v) is 6.98. The van der Waals surface area contributed by atoms with E-state index in [1.54, 1.807) is 11.3 Å². The molecule has 0 bridgehead atoms. The Morgan fingerprint density at radius 1 is 1.39 bits per heavy atom. The van der Waals surface area contributed by atoms with E-state index in [0.29, 0.717) is 6.04 Å². The van der Waals surface area contributed by atoms with E-state index in [1.165, 1.54) is 36.4 Å². The molecular formula is C15H24N2S. The molecule has 1 N–H and O–H groups in total. The van der Waals surface area contributed by atoms with Crippen LogP contribution in [0.3, 0.4) is 0 Å². The first-order valence-electron chi connectivity index (χ1n) is 7.44. The average molecular weight is 264 g/mol. The van der Waals surface area contributed by atoms with Crippen molar-refractivity contribution in [1.82, 2.24) is 10.3 Å². The molecule has 0 saturated heterocycles. The van der Waals surface area contributed by atoms with Crippen molar-refractivity contribution < 1.29 is 0 Å². The highest BCUT2D eigenvalue weighted by Crippen LogP contribution is 2.57. The van der Waals surface area contributed by atoms with Crippen LogP contribution in [0.4, 0.5) is 0 Å². The van der Waals surface area contributed by atoms with Crippen LogP contribution in [0.5, 0.6) is 0 Å². The summed E-state index contributed by atoms with van der Waals surface area (Å²) in [7, 11) is 0. The minimum atomic E-state index is 0.671. The van der Waals surface area contributed by atoms with Gasteiger partial charge in [-0.3, -0.25) is 0 Å². The smallest absolute Gasteiger partial charge is 0.0897 e. The third-order valence-electron chi connectivity index (χ3n) is 4.75. The molecule has 1 aromatic rings. The molecule has 0 radical (unpaired) electrons. The Kier molecular flexibility index (Phi) is 3.71. The van der Waals surface area contributed by atoms with Gasteiger partial charge in [0.2, 0.25) is 0 Å². The van der Waals surface area contributed by atoms with Gasteiger partial charge >= 0.3 is 0 Å². The van der Waals surface area contributed by atoms with E-state index in [9.17, 15) is 0 Å². The topological polar surface area (TPSA) is 24.9 Å². The third-order valence-corrected chi connectivity index (χ3v) is 5.57. The molecule has 18 heavy (non-hydrogen) atoms. The summed E-state index contributed by atoms with van der Waals surface area (Å²) >= 11 is 1.78. The number of aromatic nitrogens is 1. The highest BCUT2D eigenvalue weighted by atomic mass is 32.1. The van der Waals surface area contributed by atoms with Crippen LogP contribution < -0.4 is 5.32 Å². The molecule has 2 aliphatic rings. The lowest BCUT2D eigenvalue weighted by Crippen LogP contribution is -2.34. The van der Waals surface area contributed by atoms with Crippen molar-refractivity contribution >= 4 is 11.3 Å². The fraction of sp³-hybridized carbons (Fsp3) is 0.800. The molecule has 3 unspecified atom stereocenters. The Morgan fingerprint density at radius 2 is 2.11 bits per heavy atom. The van der Waals surface area contributed by atoms with Crippen molar-refractivity contribution in [1.29, 1.82) is 0 Å². The maximum atomic E-state index is 4.64. The summed E-state index contributed by atoms with van der Waals surface area (Å²) < 4.78 is 0. The number of nitrogens with zero attached hydrogens (tertiary/aromatic N) is 1. The number of hydrogen-bond acceptors (Lipinski definition) is 3. The molecule has 0 aliphatic heterocycles. The van der Waals surface area contributed by atoms with E-state index in [2.05, 4.69) is 29.5 Å². The van der Waals surface area contributed by atoms with Gasteiger partial charge in [-0.15, -0.1) is 11.3 Å². The number of likely N-dealkylation sites (N-methyl/N-ethyl adjacent to an activating group) is 1. The van der Waals surface area contributed by atoms with Gasteiger partial charge in [-0.05, 0) is 44.1 Å². The molecule has 0 spiro atoms. The minimum absolute atomic E-state index is 0.671. The number of nitrogens with one attached hydrogen (secondary N) is 1. The zero-order valence-corrected chi connectivity index (χ0v) is 12.3. The van der Waals surface area contributed by atoms with Gasteiger partial charge in [0, 0.05) is 17.8 Å². The Morgan fingerprint density at radius 3 is 2.67 bits per heavy atom. The SMILES string of the molecule is CCNC(Cc1csc(C)n1)C1C2CCCCC21. The van der Waals surface area contributed by atoms with Crippen molar-refractivity contribution in [2.45, 2.75) is 52.0 Å². The molecule has 2 saturated carbocycles. The molecule has 0 aromatic carbocycles. The van der Waals surface area contributed by atoms with Crippen LogP contribution in [-0.2, 0) is 6.42 Å². The van der Waals surface area contributed by atoms with E-state index >= 15 is 0 Å². The van der Waals surface area contributed by atoms with Gasteiger partial charge in [0.1, 0.15) is 0 Å². The summed E-state index contributed by atoms with van der Waals surface area (Å²) in [4.78, 5) is 4.64. The zero-order chi connectivity index (χ0) is 12.5. The molecular weight excluding hydrogens is 240 g/mol. The molecule has 2 aliphatic carbocycles. The van der Waals surface area contributed by atoms with Crippen LogP contribution in [0.2, 0.25) is 0 Å². The largest absolute Gasteiger partial charge is 0.314 e. The first-order valence-corrected chi connectivity index (χ1v) is 8.32. The molecule has 3 heteroatoms. The van der Waals surface area contributed by atoms with Gasteiger partial charge in [0.05, 0.1) is 10.7 Å². The first kappa shape index (κ1) is 12.6. The summed E-state index contributed by atoms with van der Waals surface area (Å²) in [6, 6.07) is 0.671. The zero-order valence-electron chi connectivity index (χ0n) is 11.5. The summed E-state index contributed by atoms with van der Waals surface area (Å²) in [6.07, 6.45) is 7.02. The minimum Gasteiger partial charge on any atom is -0.314 e. The molecule has 3 atom stereocenters. The highest BCUT2D eigenvalue weighted by molar-refractivity contribution is 7.09. The van der Waals surface area contributed by atoms with Gasteiger partial charge in [-0.1, -0.05) is 19.8 Å². The van der Waals surface area contributed by atoms with Crippen molar-refractivity contribution in [3.05, 3.63) is 16.1 Å². The van der Waals surface area contributed by atoms with Crippen molar-refractivity contribution in [3.8, 4) is 0 Å². The molecule has 3 rings (SSSR count). The van der Waals surface area contributed by atoms with Crippen LogP contribution in [0, 0.1) is 24.7 Å². The van der Waals surface area contributed by atoms with E-state index in [1.807, 2.05) is 0 Å². The Labute approximate surface area is 114 Å². The fourth-order valence-electron chi connectivity index (χ4n) is 3.98. The monoisotopic (exact) mass is 264 g/mol. The van der Waals surface area contributed by atoms with Crippen molar-refractivity contribution in [2.24, 2.45) is 17.8 Å². The summed E-state index contributed by atoms with van der Waals surface area (Å²) in [6.45, 7) is 5.42.